The number of halogens is 1. The second kappa shape index (κ2) is 6.69. The first-order valence-corrected chi connectivity index (χ1v) is 7.22. The molecule has 2 heterocycles. The minimum Gasteiger partial charge on any atom is -0.354 e. The molecular formula is C12H19ClN6O. The molecule has 1 saturated heterocycles. The molecule has 1 aromatic rings. The van der Waals surface area contributed by atoms with Crippen molar-refractivity contribution in [3.63, 3.8) is 0 Å². The lowest BCUT2D eigenvalue weighted by molar-refractivity contribution is -0.123. The van der Waals surface area contributed by atoms with Gasteiger partial charge in [0.25, 0.3) is 0 Å². The Morgan fingerprint density at radius 1 is 1.35 bits per heavy atom. The number of piperidine rings is 1. The summed E-state index contributed by atoms with van der Waals surface area (Å²) >= 11 is 5.93. The SMILES string of the molecule is CCN(CC)c1nc(Cl)nc(NC2CCCNC2=O)n1. The van der Waals surface area contributed by atoms with Crippen molar-refractivity contribution >= 4 is 29.4 Å². The summed E-state index contributed by atoms with van der Waals surface area (Å²) in [5.74, 6) is 0.833. The fourth-order valence-electron chi connectivity index (χ4n) is 2.12. The molecule has 1 fully saturated rings. The van der Waals surface area contributed by atoms with Crippen LogP contribution in [0.25, 0.3) is 0 Å². The minimum atomic E-state index is -0.313. The van der Waals surface area contributed by atoms with Gasteiger partial charge in [0.15, 0.2) is 0 Å². The van der Waals surface area contributed by atoms with Crippen molar-refractivity contribution in [1.29, 1.82) is 0 Å². The first kappa shape index (κ1) is 14.8. The van der Waals surface area contributed by atoms with Gasteiger partial charge in [0.1, 0.15) is 6.04 Å². The van der Waals surface area contributed by atoms with Crippen LogP contribution in [0.15, 0.2) is 0 Å². The highest BCUT2D eigenvalue weighted by Crippen LogP contribution is 2.16. The Morgan fingerprint density at radius 3 is 2.75 bits per heavy atom. The average molecular weight is 299 g/mol. The molecule has 0 bridgehead atoms. The smallest absolute Gasteiger partial charge is 0.242 e. The summed E-state index contributed by atoms with van der Waals surface area (Å²) in [7, 11) is 0. The van der Waals surface area contributed by atoms with Crippen LogP contribution in [0.2, 0.25) is 5.28 Å². The summed E-state index contributed by atoms with van der Waals surface area (Å²) in [5.41, 5.74) is 0. The third kappa shape index (κ3) is 3.47. The zero-order valence-electron chi connectivity index (χ0n) is 11.7. The Bertz CT molecular complexity index is 479. The van der Waals surface area contributed by atoms with Gasteiger partial charge in [-0.1, -0.05) is 0 Å². The van der Waals surface area contributed by atoms with E-state index in [1.807, 2.05) is 18.7 Å². The molecule has 0 saturated carbocycles. The lowest BCUT2D eigenvalue weighted by Crippen LogP contribution is -2.44. The number of anilines is 2. The third-order valence-electron chi connectivity index (χ3n) is 3.23. The quantitative estimate of drug-likeness (QED) is 0.846. The molecule has 1 atom stereocenters. The molecule has 110 valence electrons. The van der Waals surface area contributed by atoms with E-state index < -0.39 is 0 Å². The van der Waals surface area contributed by atoms with Crippen molar-refractivity contribution < 1.29 is 4.79 Å². The number of carbonyl (C=O) groups is 1. The van der Waals surface area contributed by atoms with Crippen LogP contribution in [0.1, 0.15) is 26.7 Å². The predicted octanol–water partition coefficient (Wildman–Crippen LogP) is 1.06. The van der Waals surface area contributed by atoms with E-state index in [0.29, 0.717) is 11.9 Å². The summed E-state index contributed by atoms with van der Waals surface area (Å²) in [6.07, 6.45) is 1.70. The number of hydrogen-bond acceptors (Lipinski definition) is 6. The molecule has 1 aromatic heterocycles. The Kier molecular flexibility index (Phi) is 4.94. The number of hydrogen-bond donors (Lipinski definition) is 2. The number of rotatable bonds is 5. The second-order valence-electron chi connectivity index (χ2n) is 4.53. The molecule has 7 nitrogen and oxygen atoms in total. The van der Waals surface area contributed by atoms with Crippen LogP contribution < -0.4 is 15.5 Å². The van der Waals surface area contributed by atoms with Crippen LogP contribution in [0.5, 0.6) is 0 Å². The highest BCUT2D eigenvalue weighted by molar-refractivity contribution is 6.28. The largest absolute Gasteiger partial charge is 0.354 e. The lowest BCUT2D eigenvalue weighted by atomic mass is 10.1. The van der Waals surface area contributed by atoms with Crippen molar-refractivity contribution in [2.45, 2.75) is 32.7 Å². The molecule has 20 heavy (non-hydrogen) atoms. The average Bonchev–Trinajstić information content (AvgIpc) is 2.42. The van der Waals surface area contributed by atoms with Crippen LogP contribution in [0, 0.1) is 0 Å². The minimum absolute atomic E-state index is 0.0304. The van der Waals surface area contributed by atoms with Gasteiger partial charge in [0.2, 0.25) is 23.1 Å². The van der Waals surface area contributed by atoms with E-state index in [1.165, 1.54) is 0 Å². The summed E-state index contributed by atoms with van der Waals surface area (Å²) in [6, 6.07) is -0.313. The van der Waals surface area contributed by atoms with Crippen LogP contribution >= 0.6 is 11.6 Å². The molecule has 8 heteroatoms. The highest BCUT2D eigenvalue weighted by atomic mass is 35.5. The van der Waals surface area contributed by atoms with Gasteiger partial charge in [-0.05, 0) is 38.3 Å². The van der Waals surface area contributed by atoms with E-state index in [-0.39, 0.29) is 17.2 Å². The summed E-state index contributed by atoms with van der Waals surface area (Å²) in [5, 5.41) is 5.97. The van der Waals surface area contributed by atoms with Crippen molar-refractivity contribution in [2.75, 3.05) is 29.9 Å². The van der Waals surface area contributed by atoms with Crippen LogP contribution in [0.4, 0.5) is 11.9 Å². The monoisotopic (exact) mass is 298 g/mol. The first-order chi connectivity index (χ1) is 9.63. The van der Waals surface area contributed by atoms with Crippen LogP contribution in [-0.2, 0) is 4.79 Å². The molecule has 2 N–H and O–H groups in total. The fourth-order valence-corrected chi connectivity index (χ4v) is 2.27. The number of amides is 1. The molecule has 1 amide bonds. The number of nitrogens with zero attached hydrogens (tertiary/aromatic N) is 4. The van der Waals surface area contributed by atoms with Gasteiger partial charge >= 0.3 is 0 Å². The zero-order valence-corrected chi connectivity index (χ0v) is 12.4. The summed E-state index contributed by atoms with van der Waals surface area (Å²) < 4.78 is 0. The topological polar surface area (TPSA) is 83.0 Å². The van der Waals surface area contributed by atoms with Crippen molar-refractivity contribution in [3.05, 3.63) is 5.28 Å². The van der Waals surface area contributed by atoms with Gasteiger partial charge in [-0.25, -0.2) is 0 Å². The first-order valence-electron chi connectivity index (χ1n) is 6.84. The molecule has 0 aromatic carbocycles. The fraction of sp³-hybridized carbons (Fsp3) is 0.667. The number of carbonyl (C=O) groups excluding carboxylic acids is 1. The van der Waals surface area contributed by atoms with Gasteiger partial charge in [0.05, 0.1) is 0 Å². The lowest BCUT2D eigenvalue weighted by Gasteiger charge is -2.23. The Morgan fingerprint density at radius 2 is 2.10 bits per heavy atom. The van der Waals surface area contributed by atoms with E-state index in [1.54, 1.807) is 0 Å². The second-order valence-corrected chi connectivity index (χ2v) is 4.87. The Labute approximate surface area is 123 Å². The van der Waals surface area contributed by atoms with E-state index in [0.717, 1.165) is 32.5 Å². The van der Waals surface area contributed by atoms with Crippen molar-refractivity contribution in [2.24, 2.45) is 0 Å². The maximum Gasteiger partial charge on any atom is 0.242 e. The van der Waals surface area contributed by atoms with Crippen LogP contribution in [0.3, 0.4) is 0 Å². The summed E-state index contributed by atoms with van der Waals surface area (Å²) in [6.45, 7) is 6.31. The maximum absolute atomic E-state index is 11.7. The van der Waals surface area contributed by atoms with Crippen molar-refractivity contribution in [3.8, 4) is 0 Å². The standard InChI is InChI=1S/C12H19ClN6O/c1-3-19(4-2)12-17-10(13)16-11(18-12)15-8-6-5-7-14-9(8)20/h8H,3-7H2,1-2H3,(H,14,20)(H,15,16,17,18). The van der Waals surface area contributed by atoms with Gasteiger partial charge < -0.3 is 15.5 Å². The van der Waals surface area contributed by atoms with E-state index in [2.05, 4.69) is 25.6 Å². The van der Waals surface area contributed by atoms with Crippen molar-refractivity contribution in [1.82, 2.24) is 20.3 Å². The molecule has 2 rings (SSSR count). The molecule has 1 unspecified atom stereocenters. The van der Waals surface area contributed by atoms with E-state index >= 15 is 0 Å². The highest BCUT2D eigenvalue weighted by Gasteiger charge is 2.23. The molecular weight excluding hydrogens is 280 g/mol. The Balaban J connectivity index is 2.17. The number of nitrogens with one attached hydrogen (secondary N) is 2. The molecule has 0 spiro atoms. The van der Waals surface area contributed by atoms with Gasteiger partial charge in [-0.2, -0.15) is 15.0 Å². The summed E-state index contributed by atoms with van der Waals surface area (Å²) in [4.78, 5) is 26.2. The third-order valence-corrected chi connectivity index (χ3v) is 3.40. The molecule has 1 aliphatic heterocycles. The predicted molar refractivity (Wildman–Crippen MR) is 78.1 cm³/mol. The zero-order chi connectivity index (χ0) is 14.5. The van der Waals surface area contributed by atoms with Gasteiger partial charge in [0, 0.05) is 19.6 Å². The van der Waals surface area contributed by atoms with E-state index in [4.69, 9.17) is 11.6 Å². The van der Waals surface area contributed by atoms with Crippen LogP contribution in [-0.4, -0.2) is 46.5 Å². The van der Waals surface area contributed by atoms with E-state index in [9.17, 15) is 4.79 Å². The molecule has 1 aliphatic rings. The molecule has 0 aliphatic carbocycles. The molecule has 0 radical (unpaired) electrons. The number of aromatic nitrogens is 3. The maximum atomic E-state index is 11.7. The normalized spacial score (nSPS) is 18.6. The Hall–Kier alpha value is -1.63. The van der Waals surface area contributed by atoms with Gasteiger partial charge in [-0.15, -0.1) is 0 Å². The van der Waals surface area contributed by atoms with Gasteiger partial charge in [-0.3, -0.25) is 4.79 Å².